The third kappa shape index (κ3) is 12.7. The molecule has 1 aliphatic heterocycles. The largest absolute Gasteiger partial charge is 0.394 e. The van der Waals surface area contributed by atoms with Crippen LogP contribution >= 0.6 is 0 Å². The van der Waals surface area contributed by atoms with Gasteiger partial charge in [0.15, 0.2) is 0 Å². The van der Waals surface area contributed by atoms with E-state index in [1.54, 1.807) is 0 Å². The van der Waals surface area contributed by atoms with E-state index in [2.05, 4.69) is 19.1 Å². The van der Waals surface area contributed by atoms with E-state index < -0.39 is 24.4 Å². The number of aliphatic hydroxyl groups excluding tert-OH is 3. The molecule has 172 valence electrons. The van der Waals surface area contributed by atoms with Crippen molar-refractivity contribution in [3.8, 4) is 0 Å². The Kier molecular flexibility index (Phi) is 16.8. The lowest BCUT2D eigenvalue weighted by Crippen LogP contribution is -2.42. The summed E-state index contributed by atoms with van der Waals surface area (Å²) >= 11 is 0. The molecule has 0 aromatic rings. The molecule has 29 heavy (non-hydrogen) atoms. The van der Waals surface area contributed by atoms with E-state index in [9.17, 15) is 15.3 Å². The summed E-state index contributed by atoms with van der Waals surface area (Å²) in [6.45, 7) is 2.70. The number of ether oxygens (including phenoxy) is 2. The van der Waals surface area contributed by atoms with E-state index in [4.69, 9.17) is 9.47 Å². The van der Waals surface area contributed by atoms with E-state index in [0.717, 1.165) is 12.8 Å². The standard InChI is InChI=1S/C24H46O5/c1-2-3-4-5-6-7-8-9-10-11-12-13-14-15-16-17-18-28-22(19-25)24-23(27)21(26)20-29-24/h8-9,21-27H,2-7,10-20H2,1H3/b9-8+/t21-,22+,23+,24+/m0/s1. The van der Waals surface area contributed by atoms with Crippen LogP contribution in [0, 0.1) is 0 Å². The van der Waals surface area contributed by atoms with Crippen LogP contribution in [-0.2, 0) is 9.47 Å². The topological polar surface area (TPSA) is 79.2 Å². The molecule has 0 unspecified atom stereocenters. The maximum atomic E-state index is 9.83. The Morgan fingerprint density at radius 1 is 0.862 bits per heavy atom. The van der Waals surface area contributed by atoms with Gasteiger partial charge in [-0.15, -0.1) is 0 Å². The molecule has 5 nitrogen and oxygen atoms in total. The Morgan fingerprint density at radius 3 is 1.93 bits per heavy atom. The minimum atomic E-state index is -0.979. The van der Waals surface area contributed by atoms with Crippen molar-refractivity contribution in [3.05, 3.63) is 12.2 Å². The van der Waals surface area contributed by atoms with Crippen molar-refractivity contribution in [3.63, 3.8) is 0 Å². The van der Waals surface area contributed by atoms with Gasteiger partial charge < -0.3 is 24.8 Å². The summed E-state index contributed by atoms with van der Waals surface area (Å²) in [6.07, 6.45) is 19.4. The van der Waals surface area contributed by atoms with Crippen molar-refractivity contribution >= 4 is 0 Å². The second-order valence-electron chi connectivity index (χ2n) is 8.39. The minimum absolute atomic E-state index is 0.0977. The molecule has 3 N–H and O–H groups in total. The summed E-state index contributed by atoms with van der Waals surface area (Å²) in [5.74, 6) is 0. The van der Waals surface area contributed by atoms with Gasteiger partial charge in [-0.2, -0.15) is 0 Å². The Morgan fingerprint density at radius 2 is 1.41 bits per heavy atom. The maximum absolute atomic E-state index is 9.83. The fourth-order valence-electron chi connectivity index (χ4n) is 3.79. The molecular weight excluding hydrogens is 368 g/mol. The van der Waals surface area contributed by atoms with Gasteiger partial charge in [0.2, 0.25) is 0 Å². The van der Waals surface area contributed by atoms with Gasteiger partial charge in [-0.3, -0.25) is 0 Å². The first-order chi connectivity index (χ1) is 14.2. The molecular formula is C24H46O5. The molecule has 4 atom stereocenters. The average Bonchev–Trinajstić information content (AvgIpc) is 3.06. The summed E-state index contributed by atoms with van der Waals surface area (Å²) in [6, 6.07) is 0. The quantitative estimate of drug-likeness (QED) is 0.214. The van der Waals surface area contributed by atoms with Crippen molar-refractivity contribution < 1.29 is 24.8 Å². The summed E-state index contributed by atoms with van der Waals surface area (Å²) in [4.78, 5) is 0. The summed E-state index contributed by atoms with van der Waals surface area (Å²) in [5.41, 5.74) is 0. The predicted molar refractivity (Wildman–Crippen MR) is 118 cm³/mol. The lowest BCUT2D eigenvalue weighted by atomic mass is 10.1. The van der Waals surface area contributed by atoms with Crippen LogP contribution in [0.15, 0.2) is 12.2 Å². The van der Waals surface area contributed by atoms with Gasteiger partial charge in [0.25, 0.3) is 0 Å². The molecule has 0 amide bonds. The van der Waals surface area contributed by atoms with Gasteiger partial charge >= 0.3 is 0 Å². The van der Waals surface area contributed by atoms with E-state index in [-0.39, 0.29) is 13.2 Å². The molecule has 1 rings (SSSR count). The predicted octanol–water partition coefficient (Wildman–Crippen LogP) is 4.52. The van der Waals surface area contributed by atoms with E-state index in [1.807, 2.05) is 0 Å². The highest BCUT2D eigenvalue weighted by Gasteiger charge is 2.40. The van der Waals surface area contributed by atoms with Crippen LogP contribution < -0.4 is 0 Å². The van der Waals surface area contributed by atoms with Crippen molar-refractivity contribution in [1.82, 2.24) is 0 Å². The molecule has 0 spiro atoms. The fourth-order valence-corrected chi connectivity index (χ4v) is 3.79. The zero-order valence-corrected chi connectivity index (χ0v) is 18.6. The monoisotopic (exact) mass is 414 g/mol. The van der Waals surface area contributed by atoms with Gasteiger partial charge in [-0.25, -0.2) is 0 Å². The molecule has 5 heteroatoms. The molecule has 1 heterocycles. The molecule has 0 aromatic heterocycles. The maximum Gasteiger partial charge on any atom is 0.114 e. The van der Waals surface area contributed by atoms with E-state index >= 15 is 0 Å². The third-order valence-electron chi connectivity index (χ3n) is 5.72. The molecule has 0 saturated carbocycles. The lowest BCUT2D eigenvalue weighted by Gasteiger charge is -2.24. The Hall–Kier alpha value is -0.460. The molecule has 0 bridgehead atoms. The van der Waals surface area contributed by atoms with Crippen LogP contribution in [0.1, 0.15) is 96.8 Å². The number of allylic oxidation sites excluding steroid dienone is 2. The molecule has 0 aromatic carbocycles. The van der Waals surface area contributed by atoms with Crippen molar-refractivity contribution in [2.75, 3.05) is 19.8 Å². The molecule has 1 saturated heterocycles. The zero-order chi connectivity index (χ0) is 21.2. The first-order valence-corrected chi connectivity index (χ1v) is 12.1. The van der Waals surface area contributed by atoms with E-state index in [1.165, 1.54) is 77.0 Å². The van der Waals surface area contributed by atoms with Gasteiger partial charge in [-0.1, -0.05) is 76.9 Å². The van der Waals surface area contributed by atoms with Crippen LogP contribution in [0.5, 0.6) is 0 Å². The van der Waals surface area contributed by atoms with Crippen LogP contribution in [-0.4, -0.2) is 59.6 Å². The summed E-state index contributed by atoms with van der Waals surface area (Å²) in [7, 11) is 0. The molecule has 1 aliphatic rings. The number of rotatable bonds is 19. The van der Waals surface area contributed by atoms with Crippen molar-refractivity contribution in [2.45, 2.75) is 121 Å². The van der Waals surface area contributed by atoms with Gasteiger partial charge in [0.1, 0.15) is 24.4 Å². The second kappa shape index (κ2) is 18.3. The highest BCUT2D eigenvalue weighted by Crippen LogP contribution is 2.20. The Balaban J connectivity index is 1.85. The SMILES string of the molecule is CCCCCCC/C=C/CCCCCCCCCO[C@H](CO)[C@H]1OC[C@H](O)[C@H]1O. The first-order valence-electron chi connectivity index (χ1n) is 12.1. The van der Waals surface area contributed by atoms with Crippen molar-refractivity contribution in [2.24, 2.45) is 0 Å². The molecule has 0 radical (unpaired) electrons. The van der Waals surface area contributed by atoms with Crippen LogP contribution in [0.2, 0.25) is 0 Å². The highest BCUT2D eigenvalue weighted by atomic mass is 16.6. The summed E-state index contributed by atoms with van der Waals surface area (Å²) in [5, 5.41) is 28.8. The third-order valence-corrected chi connectivity index (χ3v) is 5.72. The minimum Gasteiger partial charge on any atom is -0.394 e. The normalized spacial score (nSPS) is 23.2. The molecule has 1 fully saturated rings. The Labute approximate surface area is 178 Å². The number of aliphatic hydroxyl groups is 3. The lowest BCUT2D eigenvalue weighted by molar-refractivity contribution is -0.101. The van der Waals surface area contributed by atoms with Gasteiger partial charge in [0.05, 0.1) is 13.2 Å². The van der Waals surface area contributed by atoms with Gasteiger partial charge in [0, 0.05) is 6.61 Å². The van der Waals surface area contributed by atoms with Crippen LogP contribution in [0.3, 0.4) is 0 Å². The van der Waals surface area contributed by atoms with E-state index in [0.29, 0.717) is 6.61 Å². The Bertz CT molecular complexity index is 387. The summed E-state index contributed by atoms with van der Waals surface area (Å²) < 4.78 is 11.0. The highest BCUT2D eigenvalue weighted by molar-refractivity contribution is 4.88. The molecule has 0 aliphatic carbocycles. The number of hydrogen-bond donors (Lipinski definition) is 3. The van der Waals surface area contributed by atoms with Crippen molar-refractivity contribution in [1.29, 1.82) is 0 Å². The van der Waals surface area contributed by atoms with Crippen LogP contribution in [0.4, 0.5) is 0 Å². The first kappa shape index (κ1) is 26.6. The van der Waals surface area contributed by atoms with Gasteiger partial charge in [-0.05, 0) is 32.1 Å². The van der Waals surface area contributed by atoms with Crippen LogP contribution in [0.25, 0.3) is 0 Å². The fraction of sp³-hybridized carbons (Fsp3) is 0.917. The zero-order valence-electron chi connectivity index (χ0n) is 18.6. The second-order valence-corrected chi connectivity index (χ2v) is 8.39. The smallest absolute Gasteiger partial charge is 0.114 e. The average molecular weight is 415 g/mol. The number of unbranched alkanes of at least 4 members (excludes halogenated alkanes) is 12. The number of hydrogen-bond acceptors (Lipinski definition) is 5.